The van der Waals surface area contributed by atoms with Gasteiger partial charge in [0.05, 0.1) is 11.2 Å². The summed E-state index contributed by atoms with van der Waals surface area (Å²) in [6, 6.07) is 19.5. The Hall–Kier alpha value is -1.90. The molecule has 2 aromatic rings. The quantitative estimate of drug-likeness (QED) is 0.833. The third-order valence-electron chi connectivity index (χ3n) is 3.60. The largest absolute Gasteiger partial charge is 0.386 e. The van der Waals surface area contributed by atoms with Gasteiger partial charge in [0, 0.05) is 0 Å². The highest BCUT2D eigenvalue weighted by Crippen LogP contribution is 2.40. The summed E-state index contributed by atoms with van der Waals surface area (Å²) in [7, 11) is 0. The number of aliphatic hydroxyl groups is 2. The Morgan fingerprint density at radius 3 is 1.09 bits per heavy atom. The van der Waals surface area contributed by atoms with E-state index in [1.165, 1.54) is 0 Å². The second-order valence-electron chi connectivity index (χ2n) is 6.60. The molecule has 0 spiro atoms. The van der Waals surface area contributed by atoms with Gasteiger partial charge in [-0.1, -0.05) is 60.7 Å². The number of hydrogen-bond acceptors (Lipinski definition) is 2. The summed E-state index contributed by atoms with van der Waals surface area (Å²) >= 11 is 0. The fourth-order valence-corrected chi connectivity index (χ4v) is 2.82. The van der Waals surface area contributed by atoms with Gasteiger partial charge in [-0.15, -0.1) is 0 Å². The normalized spacial score (nSPS) is 13.7. The lowest BCUT2D eigenvalue weighted by atomic mass is 9.78. The molecule has 2 heteroatoms. The topological polar surface area (TPSA) is 40.5 Å². The molecule has 0 aromatic heterocycles. The summed E-state index contributed by atoms with van der Waals surface area (Å²) in [5.74, 6) is 0. The predicted molar refractivity (Wildman–Crippen MR) is 92.3 cm³/mol. The maximum atomic E-state index is 10.8. The van der Waals surface area contributed by atoms with Crippen molar-refractivity contribution in [1.82, 2.24) is 0 Å². The minimum Gasteiger partial charge on any atom is -0.386 e. The van der Waals surface area contributed by atoms with Gasteiger partial charge in [-0.2, -0.15) is 0 Å². The van der Waals surface area contributed by atoms with Crippen molar-refractivity contribution >= 4 is 11.1 Å². The van der Waals surface area contributed by atoms with Gasteiger partial charge in [-0.05, 0) is 50.0 Å². The third-order valence-corrected chi connectivity index (χ3v) is 3.60. The predicted octanol–water partition coefficient (Wildman–Crippen LogP) is 4.14. The Labute approximate surface area is 132 Å². The average molecular weight is 296 g/mol. The molecule has 0 aliphatic rings. The molecule has 22 heavy (non-hydrogen) atoms. The average Bonchev–Trinajstić information content (AvgIpc) is 2.44. The molecule has 0 fully saturated rings. The first-order valence-electron chi connectivity index (χ1n) is 7.52. The molecule has 2 nitrogen and oxygen atoms in total. The van der Waals surface area contributed by atoms with Gasteiger partial charge >= 0.3 is 0 Å². The molecule has 116 valence electrons. The van der Waals surface area contributed by atoms with Crippen LogP contribution in [0.15, 0.2) is 60.7 Å². The van der Waals surface area contributed by atoms with E-state index in [-0.39, 0.29) is 0 Å². The van der Waals surface area contributed by atoms with Crippen LogP contribution in [0.1, 0.15) is 38.8 Å². The van der Waals surface area contributed by atoms with E-state index in [2.05, 4.69) is 0 Å². The van der Waals surface area contributed by atoms with E-state index in [1.54, 1.807) is 27.7 Å². The Balaban J connectivity index is 2.84. The van der Waals surface area contributed by atoms with Crippen LogP contribution in [0.2, 0.25) is 0 Å². The smallest absolute Gasteiger partial charge is 0.0850 e. The molecule has 0 aliphatic heterocycles. The summed E-state index contributed by atoms with van der Waals surface area (Å²) in [6.45, 7) is 7.02. The fourth-order valence-electron chi connectivity index (χ4n) is 2.82. The standard InChI is InChI=1S/C20H24O2/c1-19(2,21)17(15-11-7-5-8-12-15)18(20(3,4)22)16-13-9-6-10-14-16/h5-14,21-22H,1-4H3/b18-17-. The van der Waals surface area contributed by atoms with Crippen LogP contribution in [0.5, 0.6) is 0 Å². The highest BCUT2D eigenvalue weighted by atomic mass is 16.3. The summed E-state index contributed by atoms with van der Waals surface area (Å²) in [5.41, 5.74) is 1.16. The van der Waals surface area contributed by atoms with E-state index < -0.39 is 11.2 Å². The Bertz CT molecular complexity index is 582. The fraction of sp³-hybridized carbons (Fsp3) is 0.300. The molecule has 0 unspecified atom stereocenters. The molecule has 2 aromatic carbocycles. The van der Waals surface area contributed by atoms with Gasteiger partial charge in [0.25, 0.3) is 0 Å². The molecule has 0 bridgehead atoms. The van der Waals surface area contributed by atoms with Crippen LogP contribution in [0.4, 0.5) is 0 Å². The molecular weight excluding hydrogens is 272 g/mol. The number of hydrogen-bond donors (Lipinski definition) is 2. The Kier molecular flexibility index (Phi) is 4.55. The Morgan fingerprint density at radius 1 is 0.591 bits per heavy atom. The van der Waals surface area contributed by atoms with Crippen LogP contribution in [-0.2, 0) is 0 Å². The lowest BCUT2D eigenvalue weighted by Crippen LogP contribution is -2.29. The van der Waals surface area contributed by atoms with E-state index in [0.717, 1.165) is 22.3 Å². The first kappa shape index (κ1) is 16.5. The highest BCUT2D eigenvalue weighted by molar-refractivity contribution is 5.96. The minimum absolute atomic E-state index is 0.742. The first-order valence-corrected chi connectivity index (χ1v) is 7.52. The monoisotopic (exact) mass is 296 g/mol. The van der Waals surface area contributed by atoms with Crippen LogP contribution < -0.4 is 0 Å². The van der Waals surface area contributed by atoms with Crippen LogP contribution in [0.3, 0.4) is 0 Å². The molecule has 0 atom stereocenters. The maximum absolute atomic E-state index is 10.8. The number of rotatable bonds is 4. The van der Waals surface area contributed by atoms with Crippen LogP contribution in [0, 0.1) is 0 Å². The molecular formula is C20H24O2. The number of benzene rings is 2. The zero-order valence-corrected chi connectivity index (χ0v) is 13.7. The van der Waals surface area contributed by atoms with Crippen molar-refractivity contribution in [3.8, 4) is 0 Å². The summed E-state index contributed by atoms with van der Waals surface area (Å²) < 4.78 is 0. The van der Waals surface area contributed by atoms with E-state index in [0.29, 0.717) is 0 Å². The van der Waals surface area contributed by atoms with Crippen LogP contribution in [0.25, 0.3) is 11.1 Å². The van der Waals surface area contributed by atoms with Crippen LogP contribution in [-0.4, -0.2) is 21.4 Å². The second kappa shape index (κ2) is 6.07. The van der Waals surface area contributed by atoms with E-state index >= 15 is 0 Å². The first-order chi connectivity index (χ1) is 10.2. The van der Waals surface area contributed by atoms with Gasteiger partial charge in [0.1, 0.15) is 0 Å². The zero-order valence-electron chi connectivity index (χ0n) is 13.7. The third kappa shape index (κ3) is 3.65. The van der Waals surface area contributed by atoms with Crippen molar-refractivity contribution < 1.29 is 10.2 Å². The van der Waals surface area contributed by atoms with E-state index in [1.807, 2.05) is 60.7 Å². The van der Waals surface area contributed by atoms with Crippen molar-refractivity contribution in [2.75, 3.05) is 0 Å². The molecule has 0 amide bonds. The summed E-state index contributed by atoms with van der Waals surface area (Å²) in [4.78, 5) is 0. The van der Waals surface area contributed by atoms with E-state index in [9.17, 15) is 10.2 Å². The van der Waals surface area contributed by atoms with Gasteiger partial charge in [-0.3, -0.25) is 0 Å². The van der Waals surface area contributed by atoms with Crippen LogP contribution >= 0.6 is 0 Å². The second-order valence-corrected chi connectivity index (χ2v) is 6.60. The van der Waals surface area contributed by atoms with Crippen molar-refractivity contribution in [2.45, 2.75) is 38.9 Å². The van der Waals surface area contributed by atoms with Crippen molar-refractivity contribution in [3.05, 3.63) is 71.8 Å². The van der Waals surface area contributed by atoms with Crippen molar-refractivity contribution in [1.29, 1.82) is 0 Å². The molecule has 0 radical (unpaired) electrons. The van der Waals surface area contributed by atoms with Gasteiger partial charge in [-0.25, -0.2) is 0 Å². The molecule has 0 aliphatic carbocycles. The van der Waals surface area contributed by atoms with Gasteiger partial charge in [0.15, 0.2) is 0 Å². The molecule has 0 heterocycles. The minimum atomic E-state index is -1.08. The van der Waals surface area contributed by atoms with Crippen molar-refractivity contribution in [2.24, 2.45) is 0 Å². The SMILES string of the molecule is CC(C)(O)/C(=C(/c1ccccc1)C(C)(C)O)c1ccccc1. The molecule has 2 rings (SSSR count). The lowest BCUT2D eigenvalue weighted by molar-refractivity contribution is 0.130. The Morgan fingerprint density at radius 2 is 0.864 bits per heavy atom. The highest BCUT2D eigenvalue weighted by Gasteiger charge is 2.32. The zero-order chi connectivity index (χ0) is 16.4. The van der Waals surface area contributed by atoms with E-state index in [4.69, 9.17) is 0 Å². The summed E-state index contributed by atoms with van der Waals surface area (Å²) in [6.07, 6.45) is 0. The van der Waals surface area contributed by atoms with Crippen molar-refractivity contribution in [3.63, 3.8) is 0 Å². The maximum Gasteiger partial charge on any atom is 0.0850 e. The molecule has 0 saturated heterocycles. The lowest BCUT2D eigenvalue weighted by Gasteiger charge is -2.32. The molecule has 0 saturated carbocycles. The van der Waals surface area contributed by atoms with Gasteiger partial charge < -0.3 is 10.2 Å². The van der Waals surface area contributed by atoms with Gasteiger partial charge in [0.2, 0.25) is 0 Å². The summed E-state index contributed by atoms with van der Waals surface area (Å²) in [5, 5.41) is 21.5. The molecule has 2 N–H and O–H groups in total.